The van der Waals surface area contributed by atoms with Gasteiger partial charge in [0.15, 0.2) is 11.5 Å². The van der Waals surface area contributed by atoms with Crippen LogP contribution >= 0.6 is 0 Å². The number of para-hydroxylation sites is 1. The highest BCUT2D eigenvalue weighted by atomic mass is 16.3. The highest BCUT2D eigenvalue weighted by Crippen LogP contribution is 2.28. The van der Waals surface area contributed by atoms with E-state index in [9.17, 15) is 19.8 Å². The van der Waals surface area contributed by atoms with Gasteiger partial charge in [-0.2, -0.15) is 5.10 Å². The van der Waals surface area contributed by atoms with E-state index in [4.69, 9.17) is 0 Å². The van der Waals surface area contributed by atoms with Gasteiger partial charge in [0, 0.05) is 5.56 Å². The average Bonchev–Trinajstić information content (AvgIpc) is 2.85. The molecule has 7 heteroatoms. The zero-order valence-electron chi connectivity index (χ0n) is 14.2. The molecule has 26 heavy (non-hydrogen) atoms. The fourth-order valence-corrected chi connectivity index (χ4v) is 2.75. The monoisotopic (exact) mass is 353 g/mol. The summed E-state index contributed by atoms with van der Waals surface area (Å²) in [7, 11) is 0. The van der Waals surface area contributed by atoms with Crippen molar-refractivity contribution in [3.63, 3.8) is 0 Å². The van der Waals surface area contributed by atoms with Crippen molar-refractivity contribution in [1.82, 2.24) is 10.3 Å². The van der Waals surface area contributed by atoms with Crippen molar-refractivity contribution in [1.29, 1.82) is 0 Å². The van der Waals surface area contributed by atoms with E-state index in [1.54, 1.807) is 6.92 Å². The number of amides is 3. The topological polar surface area (TPSA) is 102 Å². The number of benzene rings is 2. The smallest absolute Gasteiger partial charge is 0.346 e. The van der Waals surface area contributed by atoms with Crippen molar-refractivity contribution in [2.24, 2.45) is 5.10 Å². The van der Waals surface area contributed by atoms with Crippen molar-refractivity contribution >= 4 is 18.2 Å². The molecule has 3 amide bonds. The highest BCUT2D eigenvalue weighted by Gasteiger charge is 2.47. The Hall–Kier alpha value is -3.35. The summed E-state index contributed by atoms with van der Waals surface area (Å²) in [6, 6.07) is 13.4. The maximum Gasteiger partial charge on any atom is 0.346 e. The molecule has 3 rings (SSSR count). The molecule has 0 radical (unpaired) electrons. The van der Waals surface area contributed by atoms with Crippen molar-refractivity contribution in [3.05, 3.63) is 59.7 Å². The van der Waals surface area contributed by atoms with Gasteiger partial charge in [-0.1, -0.05) is 36.4 Å². The summed E-state index contributed by atoms with van der Waals surface area (Å²) in [6.45, 7) is 1.66. The van der Waals surface area contributed by atoms with E-state index in [1.165, 1.54) is 18.2 Å². The first-order chi connectivity index (χ1) is 12.4. The van der Waals surface area contributed by atoms with Gasteiger partial charge in [0.05, 0.1) is 6.21 Å². The lowest BCUT2D eigenvalue weighted by Gasteiger charge is -2.20. The van der Waals surface area contributed by atoms with Crippen LogP contribution in [0.25, 0.3) is 0 Å². The van der Waals surface area contributed by atoms with E-state index in [0.717, 1.165) is 16.8 Å². The molecule has 1 saturated heterocycles. The largest absolute Gasteiger partial charge is 0.504 e. The number of carbonyl (C=O) groups is 2. The van der Waals surface area contributed by atoms with Crippen LogP contribution in [-0.4, -0.2) is 38.9 Å². The normalized spacial score (nSPS) is 20.0. The van der Waals surface area contributed by atoms with Crippen molar-refractivity contribution in [2.75, 3.05) is 0 Å². The maximum atomic E-state index is 12.6. The first-order valence-electron chi connectivity index (χ1n) is 8.16. The summed E-state index contributed by atoms with van der Waals surface area (Å²) in [5, 5.41) is 26.6. The Labute approximate surface area is 150 Å². The number of phenolic OH excluding ortho intramolecular Hbond substituents is 2. The molecule has 2 aromatic carbocycles. The molecule has 0 aromatic heterocycles. The number of hydrogen-bond acceptors (Lipinski definition) is 5. The van der Waals surface area contributed by atoms with Crippen LogP contribution in [0.5, 0.6) is 11.5 Å². The zero-order chi connectivity index (χ0) is 18.7. The maximum absolute atomic E-state index is 12.6. The van der Waals surface area contributed by atoms with Crippen LogP contribution in [0.2, 0.25) is 0 Å². The summed E-state index contributed by atoms with van der Waals surface area (Å²) < 4.78 is 0. The van der Waals surface area contributed by atoms with Crippen LogP contribution < -0.4 is 5.32 Å². The second-order valence-electron chi connectivity index (χ2n) is 6.32. The number of aromatic hydroxyl groups is 2. The predicted molar refractivity (Wildman–Crippen MR) is 95.9 cm³/mol. The quantitative estimate of drug-likeness (QED) is 0.436. The van der Waals surface area contributed by atoms with Crippen LogP contribution in [0.4, 0.5) is 4.79 Å². The molecule has 0 unspecified atom stereocenters. The number of urea groups is 1. The third kappa shape index (κ3) is 3.37. The molecule has 3 N–H and O–H groups in total. The Morgan fingerprint density at radius 1 is 1.12 bits per heavy atom. The second kappa shape index (κ2) is 6.87. The first kappa shape index (κ1) is 17.5. The number of aryl methyl sites for hydroxylation is 1. The van der Waals surface area contributed by atoms with Gasteiger partial charge in [0.2, 0.25) is 0 Å². The van der Waals surface area contributed by atoms with Crippen molar-refractivity contribution in [3.8, 4) is 11.5 Å². The number of nitrogens with one attached hydrogen (secondary N) is 1. The summed E-state index contributed by atoms with van der Waals surface area (Å²) >= 11 is 0. The minimum absolute atomic E-state index is 0.198. The lowest BCUT2D eigenvalue weighted by molar-refractivity contribution is -0.130. The molecular formula is C19H19N3O4. The molecule has 134 valence electrons. The number of rotatable bonds is 5. The van der Waals surface area contributed by atoms with Crippen molar-refractivity contribution < 1.29 is 19.8 Å². The van der Waals surface area contributed by atoms with E-state index in [1.807, 2.05) is 30.3 Å². The number of hydrazone groups is 1. The molecular weight excluding hydrogens is 334 g/mol. The number of imide groups is 1. The van der Waals surface area contributed by atoms with E-state index < -0.39 is 17.5 Å². The second-order valence-corrected chi connectivity index (χ2v) is 6.32. The summed E-state index contributed by atoms with van der Waals surface area (Å²) in [4.78, 5) is 24.8. The molecule has 0 saturated carbocycles. The van der Waals surface area contributed by atoms with Crippen LogP contribution in [0.15, 0.2) is 53.6 Å². The minimum Gasteiger partial charge on any atom is -0.504 e. The SMILES string of the molecule is C[C@@]1(CCc2ccccc2)NC(=O)N(/N=C/c2cccc(O)c2O)C1=O. The molecule has 1 aliphatic rings. The molecule has 1 fully saturated rings. The fraction of sp³-hybridized carbons (Fsp3) is 0.211. The third-order valence-corrected chi connectivity index (χ3v) is 4.35. The Kier molecular flexibility index (Phi) is 4.62. The molecule has 2 aromatic rings. The van der Waals surface area contributed by atoms with Crippen LogP contribution in [0.3, 0.4) is 0 Å². The van der Waals surface area contributed by atoms with Gasteiger partial charge >= 0.3 is 6.03 Å². The van der Waals surface area contributed by atoms with Gasteiger partial charge in [0.1, 0.15) is 5.54 Å². The van der Waals surface area contributed by atoms with Crippen molar-refractivity contribution in [2.45, 2.75) is 25.3 Å². The van der Waals surface area contributed by atoms with Gasteiger partial charge in [-0.3, -0.25) is 4.79 Å². The van der Waals surface area contributed by atoms with E-state index in [0.29, 0.717) is 12.8 Å². The van der Waals surface area contributed by atoms with Gasteiger partial charge in [0.25, 0.3) is 5.91 Å². The highest BCUT2D eigenvalue weighted by molar-refractivity contribution is 6.07. The minimum atomic E-state index is -1.05. The first-order valence-corrected chi connectivity index (χ1v) is 8.16. The molecule has 1 atom stereocenters. The molecule has 1 aliphatic heterocycles. The van der Waals surface area contributed by atoms with Gasteiger partial charge in [-0.25, -0.2) is 4.79 Å². The Morgan fingerprint density at radius 2 is 1.85 bits per heavy atom. The van der Waals surface area contributed by atoms with Gasteiger partial charge in [-0.15, -0.1) is 5.01 Å². The van der Waals surface area contributed by atoms with Gasteiger partial charge in [-0.05, 0) is 37.5 Å². The zero-order valence-corrected chi connectivity index (χ0v) is 14.2. The standard InChI is InChI=1S/C19H19N3O4/c1-19(11-10-13-6-3-2-4-7-13)17(25)22(18(26)21-19)20-12-14-8-5-9-15(23)16(14)24/h2-9,12,23-24H,10-11H2,1H3,(H,21,26)/b20-12+/t19-/m0/s1. The van der Waals surface area contributed by atoms with Crippen LogP contribution in [-0.2, 0) is 11.2 Å². The predicted octanol–water partition coefficient (Wildman–Crippen LogP) is 2.38. The van der Waals surface area contributed by atoms with Crippen LogP contribution in [0.1, 0.15) is 24.5 Å². The Balaban J connectivity index is 1.74. The Bertz CT molecular complexity index is 866. The fourth-order valence-electron chi connectivity index (χ4n) is 2.75. The van der Waals surface area contributed by atoms with E-state index >= 15 is 0 Å². The molecule has 1 heterocycles. The Morgan fingerprint density at radius 3 is 2.58 bits per heavy atom. The van der Waals surface area contributed by atoms with Crippen LogP contribution in [0, 0.1) is 0 Å². The lowest BCUT2D eigenvalue weighted by Crippen LogP contribution is -2.44. The van der Waals surface area contributed by atoms with E-state index in [-0.39, 0.29) is 17.1 Å². The average molecular weight is 353 g/mol. The number of phenols is 2. The molecule has 0 aliphatic carbocycles. The summed E-state index contributed by atoms with van der Waals surface area (Å²) in [5.74, 6) is -1.14. The number of carbonyl (C=O) groups excluding carboxylic acids is 2. The molecule has 7 nitrogen and oxygen atoms in total. The van der Waals surface area contributed by atoms with Gasteiger partial charge < -0.3 is 15.5 Å². The summed E-state index contributed by atoms with van der Waals surface area (Å²) in [6.07, 6.45) is 2.23. The van der Waals surface area contributed by atoms with E-state index in [2.05, 4.69) is 10.4 Å². The number of hydrogen-bond donors (Lipinski definition) is 3. The third-order valence-electron chi connectivity index (χ3n) is 4.35. The molecule has 0 spiro atoms. The summed E-state index contributed by atoms with van der Waals surface area (Å²) in [5.41, 5.74) is 0.219. The number of nitrogens with zero attached hydrogens (tertiary/aromatic N) is 2. The lowest BCUT2D eigenvalue weighted by atomic mass is 9.93. The molecule has 0 bridgehead atoms.